The van der Waals surface area contributed by atoms with Crippen LogP contribution in [0.1, 0.15) is 10.5 Å². The van der Waals surface area contributed by atoms with Gasteiger partial charge in [-0.25, -0.2) is 4.79 Å². The number of aromatic nitrogens is 1. The molecule has 0 aliphatic carbocycles. The van der Waals surface area contributed by atoms with Gasteiger partial charge in [0.05, 0.1) is 22.1 Å². The van der Waals surface area contributed by atoms with Gasteiger partial charge in [-0.05, 0) is 12.1 Å². The van der Waals surface area contributed by atoms with Crippen molar-refractivity contribution in [1.29, 1.82) is 0 Å². The van der Waals surface area contributed by atoms with Gasteiger partial charge in [-0.3, -0.25) is 0 Å². The summed E-state index contributed by atoms with van der Waals surface area (Å²) in [4.78, 5) is 11.2. The smallest absolute Gasteiger partial charge is 0.354 e. The summed E-state index contributed by atoms with van der Waals surface area (Å²) in [6, 6.07) is 7.07. The number of hydrogen-bond acceptors (Lipinski definition) is 3. The number of halogens is 1. The Kier molecular flexibility index (Phi) is 3.16. The highest BCUT2D eigenvalue weighted by Gasteiger charge is 2.19. The summed E-state index contributed by atoms with van der Waals surface area (Å²) in [5, 5.41) is 12.4. The van der Waals surface area contributed by atoms with Crippen molar-refractivity contribution < 1.29 is 9.90 Å². The van der Waals surface area contributed by atoms with Gasteiger partial charge in [-0.2, -0.15) is 0 Å². The molecule has 0 unspecified atom stereocenters. The minimum Gasteiger partial charge on any atom is -0.477 e. The molecule has 5 nitrogen and oxygen atoms in total. The third-order valence-corrected chi connectivity index (χ3v) is 2.84. The first kappa shape index (κ1) is 12.3. The van der Waals surface area contributed by atoms with E-state index < -0.39 is 5.97 Å². The van der Waals surface area contributed by atoms with E-state index in [9.17, 15) is 4.79 Å². The number of hydrogen-bond donors (Lipinski definition) is 3. The van der Waals surface area contributed by atoms with E-state index in [-0.39, 0.29) is 5.69 Å². The second-order valence-electron chi connectivity index (χ2n) is 3.83. The van der Waals surface area contributed by atoms with Crippen molar-refractivity contribution >= 4 is 34.6 Å². The average Bonchev–Trinajstić information content (AvgIpc) is 2.57. The van der Waals surface area contributed by atoms with Crippen molar-refractivity contribution in [3.05, 3.63) is 41.2 Å². The summed E-state index contributed by atoms with van der Waals surface area (Å²) < 4.78 is 1.45. The van der Waals surface area contributed by atoms with E-state index in [0.29, 0.717) is 22.1 Å². The molecule has 0 aliphatic rings. The lowest BCUT2D eigenvalue weighted by atomic mass is 10.2. The molecule has 1 aromatic heterocycles. The molecular formula is C12H12ClN3O2. The number of carbonyl (C=O) groups is 1. The maximum atomic E-state index is 11.2. The molecule has 0 fully saturated rings. The summed E-state index contributed by atoms with van der Waals surface area (Å²) in [6.07, 6.45) is 1.53. The fourth-order valence-corrected chi connectivity index (χ4v) is 1.99. The summed E-state index contributed by atoms with van der Waals surface area (Å²) in [7, 11) is 1.62. The van der Waals surface area contributed by atoms with E-state index in [0.717, 1.165) is 0 Å². The Labute approximate surface area is 109 Å². The first-order valence-corrected chi connectivity index (χ1v) is 5.58. The third kappa shape index (κ3) is 2.12. The number of anilines is 3. The molecule has 0 atom stereocenters. The molecule has 6 heteroatoms. The molecule has 1 heterocycles. The zero-order chi connectivity index (χ0) is 13.3. The standard InChI is InChI=1S/C12H12ClN3O2/c1-16-6-7(13)10(11(16)12(17)18)15-9-5-3-2-4-8(9)14/h2-6,15H,14H2,1H3,(H,17,18). The molecule has 18 heavy (non-hydrogen) atoms. The monoisotopic (exact) mass is 265 g/mol. The van der Waals surface area contributed by atoms with Crippen LogP contribution in [0, 0.1) is 0 Å². The molecule has 0 radical (unpaired) electrons. The number of nitrogens with two attached hydrogens (primary N) is 1. The van der Waals surface area contributed by atoms with Gasteiger partial charge < -0.3 is 20.7 Å². The first-order valence-electron chi connectivity index (χ1n) is 5.20. The van der Waals surface area contributed by atoms with Crippen molar-refractivity contribution in [1.82, 2.24) is 4.57 Å². The fraction of sp³-hybridized carbons (Fsp3) is 0.0833. The molecule has 0 aliphatic heterocycles. The quantitative estimate of drug-likeness (QED) is 0.746. The number of benzene rings is 1. The number of aryl methyl sites for hydroxylation is 1. The average molecular weight is 266 g/mol. The summed E-state index contributed by atoms with van der Waals surface area (Å²) in [6.45, 7) is 0. The SMILES string of the molecule is Cn1cc(Cl)c(Nc2ccccc2N)c1C(=O)O. The van der Waals surface area contributed by atoms with Gasteiger partial charge in [-0.1, -0.05) is 23.7 Å². The topological polar surface area (TPSA) is 80.3 Å². The lowest BCUT2D eigenvalue weighted by Crippen LogP contribution is -2.07. The number of carboxylic acid groups (broad SMARTS) is 1. The maximum absolute atomic E-state index is 11.2. The van der Waals surface area contributed by atoms with Gasteiger partial charge in [0.25, 0.3) is 0 Å². The van der Waals surface area contributed by atoms with Crippen LogP contribution in [-0.4, -0.2) is 15.6 Å². The Morgan fingerprint density at radius 2 is 2.11 bits per heavy atom. The lowest BCUT2D eigenvalue weighted by Gasteiger charge is -2.09. The van der Waals surface area contributed by atoms with Crippen molar-refractivity contribution in [2.75, 3.05) is 11.1 Å². The second-order valence-corrected chi connectivity index (χ2v) is 4.24. The molecule has 0 spiro atoms. The highest BCUT2D eigenvalue weighted by molar-refractivity contribution is 6.34. The van der Waals surface area contributed by atoms with E-state index in [2.05, 4.69) is 5.32 Å². The molecule has 0 bridgehead atoms. The molecule has 2 rings (SSSR count). The second kappa shape index (κ2) is 4.62. The number of carboxylic acids is 1. The van der Waals surface area contributed by atoms with Crippen molar-refractivity contribution in [3.63, 3.8) is 0 Å². The summed E-state index contributed by atoms with van der Waals surface area (Å²) in [5.74, 6) is -1.05. The highest BCUT2D eigenvalue weighted by atomic mass is 35.5. The molecule has 0 amide bonds. The zero-order valence-corrected chi connectivity index (χ0v) is 10.4. The van der Waals surface area contributed by atoms with Gasteiger partial charge in [0.1, 0.15) is 0 Å². The van der Waals surface area contributed by atoms with Crippen molar-refractivity contribution in [2.24, 2.45) is 7.05 Å². The number of para-hydroxylation sites is 2. The minimum absolute atomic E-state index is 0.0863. The van der Waals surface area contributed by atoms with Crippen LogP contribution < -0.4 is 11.1 Å². The van der Waals surface area contributed by atoms with Crippen LogP contribution in [0.15, 0.2) is 30.5 Å². The highest BCUT2D eigenvalue weighted by Crippen LogP contribution is 2.32. The number of nitrogen functional groups attached to an aromatic ring is 1. The van der Waals surface area contributed by atoms with E-state index in [1.807, 2.05) is 0 Å². The Bertz CT molecular complexity index is 607. The van der Waals surface area contributed by atoms with Crippen LogP contribution in [0.4, 0.5) is 17.1 Å². The van der Waals surface area contributed by atoms with Crippen LogP contribution >= 0.6 is 11.6 Å². The molecule has 0 saturated carbocycles. The maximum Gasteiger partial charge on any atom is 0.354 e. The largest absolute Gasteiger partial charge is 0.477 e. The van der Waals surface area contributed by atoms with Gasteiger partial charge in [0.2, 0.25) is 0 Å². The normalized spacial score (nSPS) is 10.3. The molecule has 2 aromatic rings. The van der Waals surface area contributed by atoms with Gasteiger partial charge >= 0.3 is 5.97 Å². The van der Waals surface area contributed by atoms with Crippen LogP contribution in [0.5, 0.6) is 0 Å². The van der Waals surface area contributed by atoms with Gasteiger partial charge in [0, 0.05) is 13.2 Å². The molecule has 1 aromatic carbocycles. The number of nitrogens with zero attached hydrogens (tertiary/aromatic N) is 1. The van der Waals surface area contributed by atoms with E-state index in [1.54, 1.807) is 31.3 Å². The zero-order valence-electron chi connectivity index (χ0n) is 9.64. The van der Waals surface area contributed by atoms with Crippen LogP contribution in [-0.2, 0) is 7.05 Å². The Morgan fingerprint density at radius 3 is 2.72 bits per heavy atom. The minimum atomic E-state index is -1.05. The van der Waals surface area contributed by atoms with Crippen LogP contribution in [0.25, 0.3) is 0 Å². The number of rotatable bonds is 3. The van der Waals surface area contributed by atoms with Crippen molar-refractivity contribution in [3.8, 4) is 0 Å². The number of nitrogens with one attached hydrogen (secondary N) is 1. The molecule has 4 N–H and O–H groups in total. The van der Waals surface area contributed by atoms with E-state index >= 15 is 0 Å². The predicted octanol–water partition coefficient (Wildman–Crippen LogP) is 2.70. The van der Waals surface area contributed by atoms with E-state index in [4.69, 9.17) is 22.4 Å². The molecular weight excluding hydrogens is 254 g/mol. The van der Waals surface area contributed by atoms with Gasteiger partial charge in [0.15, 0.2) is 5.69 Å². The molecule has 94 valence electrons. The first-order chi connectivity index (χ1) is 8.50. The lowest BCUT2D eigenvalue weighted by molar-refractivity contribution is 0.0688. The van der Waals surface area contributed by atoms with E-state index in [1.165, 1.54) is 10.8 Å². The summed E-state index contributed by atoms with van der Waals surface area (Å²) >= 11 is 6.01. The Hall–Kier alpha value is -2.14. The number of aromatic carboxylic acids is 1. The van der Waals surface area contributed by atoms with Crippen LogP contribution in [0.3, 0.4) is 0 Å². The Morgan fingerprint density at radius 1 is 1.44 bits per heavy atom. The van der Waals surface area contributed by atoms with Gasteiger partial charge in [-0.15, -0.1) is 0 Å². The van der Waals surface area contributed by atoms with Crippen LogP contribution in [0.2, 0.25) is 5.02 Å². The third-order valence-electron chi connectivity index (χ3n) is 2.56. The summed E-state index contributed by atoms with van der Waals surface area (Å²) in [5.41, 5.74) is 7.36. The predicted molar refractivity (Wildman–Crippen MR) is 71.5 cm³/mol. The fourth-order valence-electron chi connectivity index (χ4n) is 1.71. The molecule has 0 saturated heterocycles. The van der Waals surface area contributed by atoms with Crippen molar-refractivity contribution in [2.45, 2.75) is 0 Å². The Balaban J connectivity index is 2.47.